The molecule has 0 radical (unpaired) electrons. The summed E-state index contributed by atoms with van der Waals surface area (Å²) in [6, 6.07) is 7.15. The lowest BCUT2D eigenvalue weighted by Gasteiger charge is -2.12. The van der Waals surface area contributed by atoms with Gasteiger partial charge in [0.05, 0.1) is 29.9 Å². The Morgan fingerprint density at radius 3 is 2.86 bits per heavy atom. The normalized spacial score (nSPS) is 13.2. The summed E-state index contributed by atoms with van der Waals surface area (Å²) in [5.41, 5.74) is 2.29. The molecule has 4 rings (SSSR count). The molecule has 0 spiro atoms. The van der Waals surface area contributed by atoms with Crippen LogP contribution < -0.4 is 10.9 Å². The Balaban J connectivity index is 1.65. The van der Waals surface area contributed by atoms with Gasteiger partial charge in [-0.3, -0.25) is 14.2 Å². The number of benzene rings is 1. The van der Waals surface area contributed by atoms with Crippen LogP contribution in [0.15, 0.2) is 35.3 Å². The summed E-state index contributed by atoms with van der Waals surface area (Å²) in [5.74, 6) is -0.816. The number of aromatic nitrogens is 2. The Morgan fingerprint density at radius 1 is 1.25 bits per heavy atom. The van der Waals surface area contributed by atoms with E-state index in [1.54, 1.807) is 18.2 Å². The highest BCUT2D eigenvalue weighted by molar-refractivity contribution is 7.17. The van der Waals surface area contributed by atoms with E-state index in [0.29, 0.717) is 21.6 Å². The van der Waals surface area contributed by atoms with Crippen LogP contribution in [-0.4, -0.2) is 28.5 Å². The molecular formula is C20H19N3O4S. The van der Waals surface area contributed by atoms with Gasteiger partial charge in [-0.25, -0.2) is 9.78 Å². The number of esters is 1. The Labute approximate surface area is 165 Å². The number of hydrogen-bond acceptors (Lipinski definition) is 6. The van der Waals surface area contributed by atoms with Gasteiger partial charge in [0.1, 0.15) is 11.5 Å². The van der Waals surface area contributed by atoms with Crippen molar-refractivity contribution in [3.63, 3.8) is 0 Å². The molecule has 1 N–H and O–H groups in total. The molecule has 0 saturated carbocycles. The minimum Gasteiger partial charge on any atom is -0.465 e. The van der Waals surface area contributed by atoms with Crippen molar-refractivity contribution in [2.75, 3.05) is 12.4 Å². The quantitative estimate of drug-likeness (QED) is 0.684. The number of nitrogens with one attached hydrogen (secondary N) is 1. The molecule has 0 fully saturated rings. The molecule has 28 heavy (non-hydrogen) atoms. The minimum atomic E-state index is -0.443. The number of ether oxygens (including phenoxy) is 1. The number of para-hydroxylation sites is 2. The number of amides is 1. The van der Waals surface area contributed by atoms with E-state index in [4.69, 9.17) is 4.74 Å². The van der Waals surface area contributed by atoms with E-state index in [9.17, 15) is 14.4 Å². The first-order chi connectivity index (χ1) is 13.6. The molecule has 1 aromatic carbocycles. The van der Waals surface area contributed by atoms with Gasteiger partial charge in [0.2, 0.25) is 5.91 Å². The Morgan fingerprint density at radius 2 is 2.04 bits per heavy atom. The summed E-state index contributed by atoms with van der Waals surface area (Å²) in [6.45, 7) is -0.162. The number of rotatable bonds is 4. The molecule has 1 amide bonds. The number of nitrogens with zero attached hydrogens (tertiary/aromatic N) is 2. The fourth-order valence-electron chi connectivity index (χ4n) is 3.56. The zero-order valence-corrected chi connectivity index (χ0v) is 16.2. The molecule has 144 valence electrons. The monoisotopic (exact) mass is 397 g/mol. The predicted molar refractivity (Wildman–Crippen MR) is 107 cm³/mol. The number of carbonyl (C=O) groups is 2. The van der Waals surface area contributed by atoms with Gasteiger partial charge in [-0.2, -0.15) is 0 Å². The fraction of sp³-hybridized carbons (Fsp3) is 0.300. The molecule has 0 saturated heterocycles. The van der Waals surface area contributed by atoms with Crippen molar-refractivity contribution >= 4 is 39.2 Å². The van der Waals surface area contributed by atoms with E-state index < -0.39 is 5.97 Å². The van der Waals surface area contributed by atoms with Crippen molar-refractivity contribution in [2.24, 2.45) is 0 Å². The van der Waals surface area contributed by atoms with E-state index in [-0.39, 0.29) is 18.0 Å². The molecule has 1 aliphatic rings. The van der Waals surface area contributed by atoms with Gasteiger partial charge in [0, 0.05) is 4.88 Å². The van der Waals surface area contributed by atoms with Crippen molar-refractivity contribution in [3.05, 3.63) is 56.8 Å². The van der Waals surface area contributed by atoms with Gasteiger partial charge in [-0.15, -0.1) is 11.3 Å². The van der Waals surface area contributed by atoms with Crippen LogP contribution in [-0.2, 0) is 28.9 Å². The molecule has 0 bridgehead atoms. The minimum absolute atomic E-state index is 0.162. The van der Waals surface area contributed by atoms with Crippen molar-refractivity contribution in [3.8, 4) is 0 Å². The Kier molecular flexibility index (Phi) is 4.95. The summed E-state index contributed by atoms with van der Waals surface area (Å²) >= 11 is 1.42. The maximum Gasteiger partial charge on any atom is 0.341 e. The third-order valence-electron chi connectivity index (χ3n) is 4.87. The Hall–Kier alpha value is -3.00. The van der Waals surface area contributed by atoms with Gasteiger partial charge in [-0.05, 0) is 43.4 Å². The molecule has 0 atom stereocenters. The molecular weight excluding hydrogens is 378 g/mol. The molecule has 7 nitrogen and oxygen atoms in total. The first-order valence-corrected chi connectivity index (χ1v) is 9.87. The van der Waals surface area contributed by atoms with Crippen LogP contribution in [0.3, 0.4) is 0 Å². The first kappa shape index (κ1) is 18.4. The molecule has 1 aliphatic carbocycles. The molecule has 2 aromatic heterocycles. The Bertz CT molecular complexity index is 1130. The van der Waals surface area contributed by atoms with Gasteiger partial charge in [0.25, 0.3) is 5.56 Å². The maximum atomic E-state index is 12.7. The summed E-state index contributed by atoms with van der Waals surface area (Å²) < 4.78 is 6.31. The molecule has 0 unspecified atom stereocenters. The lowest BCUT2D eigenvalue weighted by atomic mass is 9.95. The topological polar surface area (TPSA) is 90.3 Å². The van der Waals surface area contributed by atoms with Gasteiger partial charge in [-0.1, -0.05) is 12.1 Å². The summed E-state index contributed by atoms with van der Waals surface area (Å²) in [4.78, 5) is 42.5. The first-order valence-electron chi connectivity index (χ1n) is 9.05. The number of thiophene rings is 1. The number of aryl methyl sites for hydroxylation is 1. The van der Waals surface area contributed by atoms with Gasteiger partial charge < -0.3 is 10.1 Å². The highest BCUT2D eigenvalue weighted by Gasteiger charge is 2.27. The van der Waals surface area contributed by atoms with Crippen LogP contribution in [0.4, 0.5) is 5.00 Å². The van der Waals surface area contributed by atoms with Crippen molar-refractivity contribution in [1.29, 1.82) is 0 Å². The van der Waals surface area contributed by atoms with Crippen LogP contribution in [0.2, 0.25) is 0 Å². The predicted octanol–water partition coefficient (Wildman–Crippen LogP) is 2.76. The van der Waals surface area contributed by atoms with E-state index in [1.165, 1.54) is 29.2 Å². The largest absolute Gasteiger partial charge is 0.465 e. The molecule has 3 aromatic rings. The summed E-state index contributed by atoms with van der Waals surface area (Å²) in [7, 11) is 1.34. The molecule has 0 aliphatic heterocycles. The van der Waals surface area contributed by atoms with Crippen LogP contribution in [0.1, 0.15) is 33.6 Å². The fourth-order valence-corrected chi connectivity index (χ4v) is 4.85. The lowest BCUT2D eigenvalue weighted by molar-refractivity contribution is -0.116. The second kappa shape index (κ2) is 7.55. The van der Waals surface area contributed by atoms with Crippen molar-refractivity contribution in [2.45, 2.75) is 32.2 Å². The van der Waals surface area contributed by atoms with Gasteiger partial charge >= 0.3 is 5.97 Å². The van der Waals surface area contributed by atoms with Crippen LogP contribution >= 0.6 is 11.3 Å². The lowest BCUT2D eigenvalue weighted by Crippen LogP contribution is -2.28. The van der Waals surface area contributed by atoms with Crippen LogP contribution in [0.5, 0.6) is 0 Å². The van der Waals surface area contributed by atoms with Crippen LogP contribution in [0, 0.1) is 0 Å². The third kappa shape index (κ3) is 3.31. The summed E-state index contributed by atoms with van der Waals surface area (Å²) in [6.07, 6.45) is 4.99. The zero-order valence-electron chi connectivity index (χ0n) is 15.4. The zero-order chi connectivity index (χ0) is 19.7. The highest BCUT2D eigenvalue weighted by Crippen LogP contribution is 2.38. The van der Waals surface area contributed by atoms with E-state index >= 15 is 0 Å². The second-order valence-electron chi connectivity index (χ2n) is 6.63. The standard InChI is InChI=1S/C20H19N3O4S/c1-27-20(26)18-12-6-2-5-9-15(12)28-19(18)22-16(24)11-23-14-8-4-3-7-13(14)21-10-17(23)25/h3-4,7-8,10H,2,5-6,9,11H2,1H3,(H,22,24). The number of methoxy groups -OCH3 is 1. The van der Waals surface area contributed by atoms with Crippen molar-refractivity contribution in [1.82, 2.24) is 9.55 Å². The molecule has 2 heterocycles. The highest BCUT2D eigenvalue weighted by atomic mass is 32.1. The number of hydrogen-bond donors (Lipinski definition) is 1. The maximum absolute atomic E-state index is 12.7. The number of carbonyl (C=O) groups excluding carboxylic acids is 2. The second-order valence-corrected chi connectivity index (χ2v) is 7.73. The molecule has 8 heteroatoms. The van der Waals surface area contributed by atoms with E-state index in [0.717, 1.165) is 36.1 Å². The summed E-state index contributed by atoms with van der Waals surface area (Å²) in [5, 5.41) is 3.32. The average molecular weight is 397 g/mol. The van der Waals surface area contributed by atoms with Gasteiger partial charge in [0.15, 0.2) is 0 Å². The smallest absolute Gasteiger partial charge is 0.341 e. The SMILES string of the molecule is COC(=O)c1c(NC(=O)Cn2c(=O)cnc3ccccc32)sc2c1CCCC2. The van der Waals surface area contributed by atoms with E-state index in [2.05, 4.69) is 10.3 Å². The van der Waals surface area contributed by atoms with Crippen LogP contribution in [0.25, 0.3) is 11.0 Å². The van der Waals surface area contributed by atoms with E-state index in [1.807, 2.05) is 6.07 Å². The average Bonchev–Trinajstić information content (AvgIpc) is 3.07. The van der Waals surface area contributed by atoms with Crippen molar-refractivity contribution < 1.29 is 14.3 Å². The number of fused-ring (bicyclic) bond motifs is 2. The number of anilines is 1. The third-order valence-corrected chi connectivity index (χ3v) is 6.08.